The van der Waals surface area contributed by atoms with Crippen molar-refractivity contribution in [3.8, 4) is 0 Å². The summed E-state index contributed by atoms with van der Waals surface area (Å²) in [4.78, 5) is 1.01. The second-order valence-electron chi connectivity index (χ2n) is 7.87. The van der Waals surface area contributed by atoms with Gasteiger partial charge < -0.3 is 10.0 Å². The number of benzene rings is 1. The molecule has 1 rings (SSSR count). The second-order valence-corrected chi connectivity index (χ2v) is 9.52. The largest absolute Gasteiger partial charge is 0.460 e. The zero-order chi connectivity index (χ0) is 26.9. The maximum atomic E-state index is 14.2. The van der Waals surface area contributed by atoms with Crippen LogP contribution in [0, 0.1) is 0 Å². The molecule has 5 nitrogen and oxygen atoms in total. The Hall–Kier alpha value is -2.03. The third-order valence-corrected chi connectivity index (χ3v) is 5.99. The SMILES string of the molecule is CC(C)N(/C(CC(O)c1ccccc1)=N\S(=O)(=O)C(F)(F)C(F)(F)C(F)(F)C(F)(F)F)C(C)C. The van der Waals surface area contributed by atoms with Gasteiger partial charge in [-0.15, -0.1) is 4.40 Å². The number of sulfonamides is 1. The van der Waals surface area contributed by atoms with E-state index < -0.39 is 63.7 Å². The summed E-state index contributed by atoms with van der Waals surface area (Å²) < 4.78 is 146. The standard InChI is InChI=1S/C19H23F9N2O3S/c1-11(2)30(12(3)4)15(10-14(31)13-8-6-5-7-9-13)29-34(32,33)19(27,28)17(22,23)16(20,21)18(24,25)26/h5-9,11-12,14,31H,10H2,1-4H3/b29-15-. The highest BCUT2D eigenvalue weighted by Gasteiger charge is 2.85. The number of alkyl halides is 9. The predicted molar refractivity (Wildman–Crippen MR) is 105 cm³/mol. The zero-order valence-electron chi connectivity index (χ0n) is 18.3. The Balaban J connectivity index is 3.68. The lowest BCUT2D eigenvalue weighted by Crippen LogP contribution is -2.63. The van der Waals surface area contributed by atoms with Crippen LogP contribution in [0.3, 0.4) is 0 Å². The second kappa shape index (κ2) is 9.91. The van der Waals surface area contributed by atoms with Crippen LogP contribution < -0.4 is 0 Å². The molecule has 1 N–H and O–H groups in total. The van der Waals surface area contributed by atoms with Crippen LogP contribution in [-0.2, 0) is 10.0 Å². The van der Waals surface area contributed by atoms with E-state index in [-0.39, 0.29) is 5.56 Å². The van der Waals surface area contributed by atoms with E-state index in [9.17, 15) is 53.0 Å². The van der Waals surface area contributed by atoms with Gasteiger partial charge in [0.1, 0.15) is 5.84 Å². The van der Waals surface area contributed by atoms with E-state index in [1.807, 2.05) is 0 Å². The number of rotatable bonds is 9. The lowest BCUT2D eigenvalue weighted by Gasteiger charge is -2.36. The van der Waals surface area contributed by atoms with Gasteiger partial charge in [-0.1, -0.05) is 30.3 Å². The van der Waals surface area contributed by atoms with Crippen LogP contribution >= 0.6 is 0 Å². The summed E-state index contributed by atoms with van der Waals surface area (Å²) in [5, 5.41) is 3.44. The molecule has 1 unspecified atom stereocenters. The summed E-state index contributed by atoms with van der Waals surface area (Å²) in [6.07, 6.45) is -9.66. The molecule has 0 aromatic heterocycles. The number of aliphatic hydroxyl groups excluding tert-OH is 1. The molecule has 1 aromatic carbocycles. The van der Waals surface area contributed by atoms with E-state index >= 15 is 0 Å². The van der Waals surface area contributed by atoms with Crippen LogP contribution in [0.1, 0.15) is 45.8 Å². The van der Waals surface area contributed by atoms with E-state index in [0.717, 1.165) is 4.90 Å². The summed E-state index contributed by atoms with van der Waals surface area (Å²) >= 11 is 0. The van der Waals surface area contributed by atoms with Gasteiger partial charge >= 0.3 is 33.3 Å². The van der Waals surface area contributed by atoms with Gasteiger partial charge in [-0.05, 0) is 33.3 Å². The molecule has 0 spiro atoms. The van der Waals surface area contributed by atoms with Crippen LogP contribution in [0.2, 0.25) is 0 Å². The lowest BCUT2D eigenvalue weighted by atomic mass is 10.0. The molecule has 0 saturated carbocycles. The van der Waals surface area contributed by atoms with Gasteiger partial charge in [-0.2, -0.15) is 47.9 Å². The zero-order valence-corrected chi connectivity index (χ0v) is 19.1. The topological polar surface area (TPSA) is 70.0 Å². The molecule has 0 aliphatic heterocycles. The first-order valence-corrected chi connectivity index (χ1v) is 11.1. The van der Waals surface area contributed by atoms with Crippen molar-refractivity contribution in [1.82, 2.24) is 4.90 Å². The van der Waals surface area contributed by atoms with Gasteiger partial charge in [0.25, 0.3) is 0 Å². The fourth-order valence-corrected chi connectivity index (χ4v) is 4.08. The van der Waals surface area contributed by atoms with Crippen molar-refractivity contribution >= 4 is 15.9 Å². The van der Waals surface area contributed by atoms with E-state index in [0.29, 0.717) is 0 Å². The first-order valence-electron chi connectivity index (χ1n) is 9.66. The van der Waals surface area contributed by atoms with E-state index in [2.05, 4.69) is 4.40 Å². The Morgan fingerprint density at radius 2 is 1.32 bits per heavy atom. The highest BCUT2D eigenvalue weighted by Crippen LogP contribution is 2.55. The third-order valence-electron chi connectivity index (χ3n) is 4.64. The maximum Gasteiger partial charge on any atom is 0.460 e. The molecule has 15 heteroatoms. The van der Waals surface area contributed by atoms with Crippen LogP contribution in [-0.4, -0.2) is 59.6 Å². The van der Waals surface area contributed by atoms with E-state index in [1.54, 1.807) is 6.07 Å². The first-order chi connectivity index (χ1) is 15.1. The Morgan fingerprint density at radius 3 is 1.71 bits per heavy atom. The van der Waals surface area contributed by atoms with Gasteiger partial charge in [0.2, 0.25) is 0 Å². The summed E-state index contributed by atoms with van der Waals surface area (Å²) in [7, 11) is -7.03. The fourth-order valence-electron chi connectivity index (χ4n) is 3.07. The van der Waals surface area contributed by atoms with Crippen LogP contribution in [0.5, 0.6) is 0 Å². The van der Waals surface area contributed by atoms with Gasteiger partial charge in [0, 0.05) is 18.5 Å². The Bertz CT molecular complexity index is 955. The molecule has 34 heavy (non-hydrogen) atoms. The van der Waals surface area contributed by atoms with Crippen molar-refractivity contribution in [2.24, 2.45) is 4.40 Å². The molecule has 0 saturated heterocycles. The summed E-state index contributed by atoms with van der Waals surface area (Å²) in [6, 6.07) is 5.72. The monoisotopic (exact) mass is 530 g/mol. The first kappa shape index (κ1) is 30.0. The van der Waals surface area contributed by atoms with Gasteiger partial charge in [0.15, 0.2) is 0 Å². The van der Waals surface area contributed by atoms with Crippen molar-refractivity contribution in [1.29, 1.82) is 0 Å². The molecule has 0 amide bonds. The molecule has 0 fully saturated rings. The van der Waals surface area contributed by atoms with Crippen molar-refractivity contribution < 1.29 is 53.0 Å². The number of aliphatic hydroxyl groups is 1. The van der Waals surface area contributed by atoms with Crippen LogP contribution in [0.4, 0.5) is 39.5 Å². The minimum absolute atomic E-state index is 0.140. The Morgan fingerprint density at radius 1 is 0.882 bits per heavy atom. The molecular weight excluding hydrogens is 507 g/mol. The molecule has 196 valence electrons. The average molecular weight is 530 g/mol. The van der Waals surface area contributed by atoms with Crippen molar-refractivity contribution in [3.05, 3.63) is 35.9 Å². The minimum atomic E-state index is -7.40. The number of hydrogen-bond acceptors (Lipinski definition) is 3. The summed E-state index contributed by atoms with van der Waals surface area (Å²) in [5.74, 6) is -15.7. The normalized spacial score (nSPS) is 15.7. The van der Waals surface area contributed by atoms with Crippen LogP contribution in [0.25, 0.3) is 0 Å². The minimum Gasteiger partial charge on any atom is -0.388 e. The van der Waals surface area contributed by atoms with Gasteiger partial charge in [0.05, 0.1) is 6.10 Å². The molecule has 0 aliphatic rings. The van der Waals surface area contributed by atoms with Crippen molar-refractivity contribution in [2.75, 3.05) is 0 Å². The van der Waals surface area contributed by atoms with Crippen LogP contribution in [0.15, 0.2) is 34.7 Å². The maximum absolute atomic E-state index is 14.2. The summed E-state index contributed by atoms with van der Waals surface area (Å²) in [5.41, 5.74) is 0.140. The molecular formula is C19H23F9N2O3S. The number of hydrogen-bond donors (Lipinski definition) is 1. The molecule has 1 atom stereocenters. The van der Waals surface area contributed by atoms with Crippen molar-refractivity contribution in [2.45, 2.75) is 75.6 Å². The predicted octanol–water partition coefficient (Wildman–Crippen LogP) is 5.38. The highest BCUT2D eigenvalue weighted by molar-refractivity contribution is 7.91. The third kappa shape index (κ3) is 5.61. The fraction of sp³-hybridized carbons (Fsp3) is 0.632. The molecule has 0 aliphatic carbocycles. The van der Waals surface area contributed by atoms with E-state index in [4.69, 9.17) is 0 Å². The number of halogens is 9. The quantitative estimate of drug-likeness (QED) is 0.264. The van der Waals surface area contributed by atoms with Crippen molar-refractivity contribution in [3.63, 3.8) is 0 Å². The molecule has 0 bridgehead atoms. The number of amidine groups is 1. The molecule has 0 radical (unpaired) electrons. The number of nitrogens with zero attached hydrogens (tertiary/aromatic N) is 2. The molecule has 0 heterocycles. The van der Waals surface area contributed by atoms with Gasteiger partial charge in [-0.25, -0.2) is 0 Å². The average Bonchev–Trinajstić information content (AvgIpc) is 2.66. The lowest BCUT2D eigenvalue weighted by molar-refractivity contribution is -0.382. The molecule has 1 aromatic rings. The summed E-state index contributed by atoms with van der Waals surface area (Å²) in [6.45, 7) is 5.67. The van der Waals surface area contributed by atoms with E-state index in [1.165, 1.54) is 52.0 Å². The Kier molecular flexibility index (Phi) is 8.75. The smallest absolute Gasteiger partial charge is 0.388 e. The Labute approximate surface area is 190 Å². The van der Waals surface area contributed by atoms with Gasteiger partial charge in [-0.3, -0.25) is 0 Å². The highest BCUT2D eigenvalue weighted by atomic mass is 32.2.